The third-order valence-electron chi connectivity index (χ3n) is 3.54. The van der Waals surface area contributed by atoms with Crippen molar-refractivity contribution in [1.29, 1.82) is 0 Å². The van der Waals surface area contributed by atoms with Crippen LogP contribution in [0.2, 0.25) is 0 Å². The predicted molar refractivity (Wildman–Crippen MR) is 92.7 cm³/mol. The summed E-state index contributed by atoms with van der Waals surface area (Å²) in [4.78, 5) is 12.0. The molecule has 0 spiro atoms. The second-order valence-corrected chi connectivity index (χ2v) is 5.38. The number of carbonyl (C=O) groups excluding carboxylic acids is 1. The van der Waals surface area contributed by atoms with Crippen LogP contribution in [0, 0.1) is 0 Å². The van der Waals surface area contributed by atoms with Gasteiger partial charge in [-0.1, -0.05) is 38.0 Å². The number of hydrogen-bond acceptors (Lipinski definition) is 3. The number of nitrogens with zero attached hydrogens (tertiary/aromatic N) is 2. The topological polar surface area (TPSA) is 44.1 Å². The monoisotopic (exact) mass is 312 g/mol. The van der Waals surface area contributed by atoms with Gasteiger partial charge >= 0.3 is 0 Å². The van der Waals surface area contributed by atoms with Gasteiger partial charge in [0.05, 0.1) is 6.61 Å². The summed E-state index contributed by atoms with van der Waals surface area (Å²) >= 11 is 0. The van der Waals surface area contributed by atoms with Crippen molar-refractivity contribution in [2.24, 2.45) is 0 Å². The second kappa shape index (κ2) is 8.93. The SMILES string of the molecule is CCCCCOc1ccc(/C=C/C(=O)c2ccn(CC)n2)cc1. The van der Waals surface area contributed by atoms with Gasteiger partial charge in [0.1, 0.15) is 11.4 Å². The normalized spacial score (nSPS) is 11.0. The molecule has 0 aliphatic rings. The number of ketones is 1. The fraction of sp³-hybridized carbons (Fsp3) is 0.368. The van der Waals surface area contributed by atoms with Crippen LogP contribution in [0.15, 0.2) is 42.6 Å². The Bertz CT molecular complexity index is 642. The smallest absolute Gasteiger partial charge is 0.206 e. The fourth-order valence-corrected chi connectivity index (χ4v) is 2.14. The van der Waals surface area contributed by atoms with Crippen LogP contribution >= 0.6 is 0 Å². The van der Waals surface area contributed by atoms with Crippen LogP contribution < -0.4 is 4.74 Å². The molecule has 1 aromatic carbocycles. The zero-order valence-corrected chi connectivity index (χ0v) is 13.9. The van der Waals surface area contributed by atoms with Gasteiger partial charge in [0.2, 0.25) is 5.78 Å². The van der Waals surface area contributed by atoms with Crippen molar-refractivity contribution in [1.82, 2.24) is 9.78 Å². The molecule has 2 rings (SSSR count). The molecule has 0 saturated carbocycles. The molecule has 122 valence electrons. The molecule has 0 N–H and O–H groups in total. The Morgan fingerprint density at radius 2 is 1.96 bits per heavy atom. The van der Waals surface area contributed by atoms with Crippen molar-refractivity contribution in [2.75, 3.05) is 6.61 Å². The van der Waals surface area contributed by atoms with E-state index in [2.05, 4.69) is 12.0 Å². The van der Waals surface area contributed by atoms with Crippen LogP contribution in [-0.2, 0) is 6.54 Å². The number of unbranched alkanes of at least 4 members (excludes halogenated alkanes) is 2. The summed E-state index contributed by atoms with van der Waals surface area (Å²) in [5.74, 6) is 0.781. The third kappa shape index (κ3) is 5.40. The molecule has 4 nitrogen and oxygen atoms in total. The molecule has 4 heteroatoms. The Morgan fingerprint density at radius 3 is 2.61 bits per heavy atom. The summed E-state index contributed by atoms with van der Waals surface area (Å²) in [6.45, 7) is 5.68. The summed E-state index contributed by atoms with van der Waals surface area (Å²) in [5.41, 5.74) is 1.44. The number of benzene rings is 1. The summed E-state index contributed by atoms with van der Waals surface area (Å²) in [5, 5.41) is 4.20. The zero-order chi connectivity index (χ0) is 16.5. The Morgan fingerprint density at radius 1 is 1.17 bits per heavy atom. The van der Waals surface area contributed by atoms with Crippen molar-refractivity contribution in [3.05, 3.63) is 53.9 Å². The average molecular weight is 312 g/mol. The molecule has 0 aliphatic carbocycles. The molecular weight excluding hydrogens is 288 g/mol. The van der Waals surface area contributed by atoms with Crippen molar-refractivity contribution in [3.8, 4) is 5.75 Å². The summed E-state index contributed by atoms with van der Waals surface area (Å²) in [7, 11) is 0. The molecule has 2 aromatic rings. The number of ether oxygens (including phenoxy) is 1. The first kappa shape index (κ1) is 17.0. The van der Waals surface area contributed by atoms with Gasteiger partial charge in [-0.05, 0) is 43.2 Å². The number of aromatic nitrogens is 2. The van der Waals surface area contributed by atoms with Crippen LogP contribution in [0.1, 0.15) is 49.2 Å². The van der Waals surface area contributed by atoms with E-state index >= 15 is 0 Å². The molecule has 0 radical (unpaired) electrons. The van der Waals surface area contributed by atoms with E-state index in [4.69, 9.17) is 4.74 Å². The van der Waals surface area contributed by atoms with Crippen molar-refractivity contribution < 1.29 is 9.53 Å². The van der Waals surface area contributed by atoms with Crippen LogP contribution in [0.5, 0.6) is 5.75 Å². The van der Waals surface area contributed by atoms with Gasteiger partial charge in [-0.3, -0.25) is 9.48 Å². The van der Waals surface area contributed by atoms with Gasteiger partial charge in [0.15, 0.2) is 0 Å². The summed E-state index contributed by atoms with van der Waals surface area (Å²) in [6.07, 6.45) is 8.63. The molecule has 0 aliphatic heterocycles. The lowest BCUT2D eigenvalue weighted by Crippen LogP contribution is -1.99. The number of carbonyl (C=O) groups is 1. The maximum Gasteiger partial charge on any atom is 0.206 e. The Balaban J connectivity index is 1.88. The minimum Gasteiger partial charge on any atom is -0.494 e. The number of rotatable bonds is 9. The molecule has 1 heterocycles. The third-order valence-corrected chi connectivity index (χ3v) is 3.54. The largest absolute Gasteiger partial charge is 0.494 e. The van der Waals surface area contributed by atoms with E-state index in [-0.39, 0.29) is 5.78 Å². The van der Waals surface area contributed by atoms with E-state index in [0.29, 0.717) is 5.69 Å². The molecule has 23 heavy (non-hydrogen) atoms. The maximum atomic E-state index is 12.0. The number of aryl methyl sites for hydroxylation is 1. The molecule has 0 unspecified atom stereocenters. The van der Waals surface area contributed by atoms with Crippen LogP contribution in [0.4, 0.5) is 0 Å². The Kier molecular flexibility index (Phi) is 6.60. The molecule has 0 amide bonds. The highest BCUT2D eigenvalue weighted by Crippen LogP contribution is 2.14. The minimum absolute atomic E-state index is 0.0860. The quantitative estimate of drug-likeness (QED) is 0.392. The summed E-state index contributed by atoms with van der Waals surface area (Å²) < 4.78 is 7.41. The van der Waals surface area contributed by atoms with Crippen LogP contribution in [0.25, 0.3) is 6.08 Å². The standard InChI is InChI=1S/C19H24N2O2/c1-3-5-6-15-23-17-10-7-16(8-11-17)9-12-19(22)18-13-14-21(4-2)20-18/h7-14H,3-6,15H2,1-2H3/b12-9+. The van der Waals surface area contributed by atoms with Gasteiger partial charge in [-0.25, -0.2) is 0 Å². The molecule has 0 fully saturated rings. The lowest BCUT2D eigenvalue weighted by Gasteiger charge is -2.05. The number of allylic oxidation sites excluding steroid dienone is 1. The van der Waals surface area contributed by atoms with Crippen LogP contribution in [0.3, 0.4) is 0 Å². The first-order valence-electron chi connectivity index (χ1n) is 8.21. The predicted octanol–water partition coefficient (Wildman–Crippen LogP) is 4.37. The van der Waals surface area contributed by atoms with Crippen molar-refractivity contribution in [2.45, 2.75) is 39.7 Å². The Hall–Kier alpha value is -2.36. The van der Waals surface area contributed by atoms with E-state index in [0.717, 1.165) is 30.9 Å². The highest BCUT2D eigenvalue weighted by Gasteiger charge is 2.05. The minimum atomic E-state index is -0.0860. The molecule has 0 saturated heterocycles. The average Bonchev–Trinajstić information content (AvgIpc) is 3.07. The first-order valence-corrected chi connectivity index (χ1v) is 8.21. The lowest BCUT2D eigenvalue weighted by atomic mass is 10.1. The number of hydrogen-bond donors (Lipinski definition) is 0. The zero-order valence-electron chi connectivity index (χ0n) is 13.9. The fourth-order valence-electron chi connectivity index (χ4n) is 2.14. The summed E-state index contributed by atoms with van der Waals surface area (Å²) in [6, 6.07) is 9.50. The lowest BCUT2D eigenvalue weighted by molar-refractivity contribution is 0.104. The van der Waals surface area contributed by atoms with Gasteiger partial charge in [0.25, 0.3) is 0 Å². The van der Waals surface area contributed by atoms with Gasteiger partial charge in [-0.15, -0.1) is 0 Å². The highest BCUT2D eigenvalue weighted by molar-refractivity contribution is 6.05. The van der Waals surface area contributed by atoms with Gasteiger partial charge in [0, 0.05) is 12.7 Å². The van der Waals surface area contributed by atoms with E-state index in [9.17, 15) is 4.79 Å². The highest BCUT2D eigenvalue weighted by atomic mass is 16.5. The van der Waals surface area contributed by atoms with Crippen LogP contribution in [-0.4, -0.2) is 22.2 Å². The second-order valence-electron chi connectivity index (χ2n) is 5.38. The molecule has 0 bridgehead atoms. The molecule has 1 aromatic heterocycles. The van der Waals surface area contributed by atoms with Gasteiger partial charge < -0.3 is 4.74 Å². The van der Waals surface area contributed by atoms with E-state index in [1.54, 1.807) is 22.9 Å². The van der Waals surface area contributed by atoms with E-state index in [1.807, 2.05) is 37.4 Å². The van der Waals surface area contributed by atoms with Crippen molar-refractivity contribution in [3.63, 3.8) is 0 Å². The van der Waals surface area contributed by atoms with Gasteiger partial charge in [-0.2, -0.15) is 5.10 Å². The van der Waals surface area contributed by atoms with Crippen molar-refractivity contribution >= 4 is 11.9 Å². The van der Waals surface area contributed by atoms with E-state index in [1.165, 1.54) is 12.8 Å². The Labute approximate surface area is 137 Å². The molecule has 0 atom stereocenters. The maximum absolute atomic E-state index is 12.0. The van der Waals surface area contributed by atoms with E-state index < -0.39 is 0 Å². The molecular formula is C19H24N2O2. The first-order chi connectivity index (χ1) is 11.2.